The number of benzene rings is 4. The monoisotopic (exact) mass is 494 g/mol. The maximum absolute atomic E-state index is 13.4. The highest BCUT2D eigenvalue weighted by Crippen LogP contribution is 2.22. The van der Waals surface area contributed by atoms with Crippen LogP contribution in [-0.2, 0) is 22.6 Å². The van der Waals surface area contributed by atoms with Gasteiger partial charge in [0.05, 0.1) is 20.1 Å². The maximum Gasteiger partial charge on any atom is 0.251 e. The minimum absolute atomic E-state index is 0.137. The third-order valence-electron chi connectivity index (χ3n) is 5.70. The number of nitrogens with zero attached hydrogens (tertiary/aromatic N) is 1. The third kappa shape index (κ3) is 7.39. The molecule has 2 amide bonds. The zero-order valence-electron chi connectivity index (χ0n) is 20.4. The molecular formula is C31H27FN2O3. The molecule has 4 aromatic rings. The normalized spacial score (nSPS) is 10.8. The van der Waals surface area contributed by atoms with Crippen LogP contribution in [0.1, 0.15) is 16.7 Å². The minimum atomic E-state index is -0.338. The van der Waals surface area contributed by atoms with Gasteiger partial charge in [-0.25, -0.2) is 4.39 Å². The van der Waals surface area contributed by atoms with Gasteiger partial charge < -0.3 is 15.0 Å². The lowest BCUT2D eigenvalue weighted by Gasteiger charge is -2.22. The average Bonchev–Trinajstić information content (AvgIpc) is 2.92. The second-order valence-corrected chi connectivity index (χ2v) is 8.42. The van der Waals surface area contributed by atoms with E-state index in [0.29, 0.717) is 17.1 Å². The molecule has 1 N–H and O–H groups in total. The van der Waals surface area contributed by atoms with Crippen LogP contribution in [0.25, 0.3) is 6.08 Å². The lowest BCUT2D eigenvalue weighted by molar-refractivity contribution is -0.115. The summed E-state index contributed by atoms with van der Waals surface area (Å²) in [6.45, 7) is 0.250. The van der Waals surface area contributed by atoms with Crippen LogP contribution in [0.4, 0.5) is 15.8 Å². The number of carbonyl (C=O) groups is 2. The number of nitrogens with one attached hydrogen (secondary N) is 1. The topological polar surface area (TPSA) is 58.6 Å². The highest BCUT2D eigenvalue weighted by molar-refractivity contribution is 6.04. The number of ether oxygens (including phenoxy) is 1. The second-order valence-electron chi connectivity index (χ2n) is 8.42. The Bertz CT molecular complexity index is 1370. The maximum atomic E-state index is 13.4. The summed E-state index contributed by atoms with van der Waals surface area (Å²) < 4.78 is 18.6. The average molecular weight is 495 g/mol. The molecule has 6 heteroatoms. The smallest absolute Gasteiger partial charge is 0.251 e. The molecule has 0 aliphatic heterocycles. The number of amides is 2. The summed E-state index contributed by atoms with van der Waals surface area (Å²) in [5.74, 6) is -0.0379. The SMILES string of the molecule is COc1ccc(NC(=O)Cc2cccc(N(Cc3ccc(F)cc3)C(=O)/C=C/c3ccccc3)c2)cc1. The lowest BCUT2D eigenvalue weighted by Crippen LogP contribution is -2.29. The van der Waals surface area contributed by atoms with E-state index in [9.17, 15) is 14.0 Å². The van der Waals surface area contributed by atoms with Crippen LogP contribution in [0.15, 0.2) is 109 Å². The molecule has 0 fully saturated rings. The zero-order chi connectivity index (χ0) is 26.0. The van der Waals surface area contributed by atoms with Gasteiger partial charge in [-0.15, -0.1) is 0 Å². The fourth-order valence-electron chi connectivity index (χ4n) is 3.79. The molecule has 0 bridgehead atoms. The molecule has 186 valence electrons. The molecule has 4 rings (SSSR count). The van der Waals surface area contributed by atoms with Gasteiger partial charge in [0.1, 0.15) is 11.6 Å². The van der Waals surface area contributed by atoms with Crippen molar-refractivity contribution in [3.05, 3.63) is 132 Å². The van der Waals surface area contributed by atoms with Crippen molar-refractivity contribution >= 4 is 29.3 Å². The number of carbonyl (C=O) groups excluding carboxylic acids is 2. The van der Waals surface area contributed by atoms with Gasteiger partial charge in [-0.05, 0) is 71.3 Å². The zero-order valence-corrected chi connectivity index (χ0v) is 20.4. The molecule has 0 unspecified atom stereocenters. The molecule has 0 radical (unpaired) electrons. The van der Waals surface area contributed by atoms with Gasteiger partial charge in [0.25, 0.3) is 5.91 Å². The van der Waals surface area contributed by atoms with E-state index in [1.807, 2.05) is 54.6 Å². The number of methoxy groups -OCH3 is 1. The first-order chi connectivity index (χ1) is 18.0. The molecule has 0 saturated heterocycles. The largest absolute Gasteiger partial charge is 0.497 e. The Morgan fingerprint density at radius 2 is 1.59 bits per heavy atom. The van der Waals surface area contributed by atoms with Gasteiger partial charge in [0.15, 0.2) is 0 Å². The van der Waals surface area contributed by atoms with E-state index in [1.165, 1.54) is 18.2 Å². The van der Waals surface area contributed by atoms with E-state index in [2.05, 4.69) is 5.32 Å². The summed E-state index contributed by atoms with van der Waals surface area (Å²) in [4.78, 5) is 27.6. The summed E-state index contributed by atoms with van der Waals surface area (Å²) in [5.41, 5.74) is 3.75. The molecule has 0 aliphatic rings. The van der Waals surface area contributed by atoms with Gasteiger partial charge in [0, 0.05) is 17.5 Å². The third-order valence-corrected chi connectivity index (χ3v) is 5.70. The number of hydrogen-bond acceptors (Lipinski definition) is 3. The predicted octanol–water partition coefficient (Wildman–Crippen LogP) is 6.26. The highest BCUT2D eigenvalue weighted by Gasteiger charge is 2.16. The number of hydrogen-bond donors (Lipinski definition) is 1. The molecular weight excluding hydrogens is 467 g/mol. The minimum Gasteiger partial charge on any atom is -0.497 e. The van der Waals surface area contributed by atoms with Crippen molar-refractivity contribution in [3.8, 4) is 5.75 Å². The van der Waals surface area contributed by atoms with Gasteiger partial charge in [-0.3, -0.25) is 9.59 Å². The van der Waals surface area contributed by atoms with E-state index in [-0.39, 0.29) is 30.6 Å². The highest BCUT2D eigenvalue weighted by atomic mass is 19.1. The van der Waals surface area contributed by atoms with Crippen molar-refractivity contribution in [1.82, 2.24) is 0 Å². The van der Waals surface area contributed by atoms with E-state index in [0.717, 1.165) is 16.7 Å². The molecule has 0 heterocycles. The van der Waals surface area contributed by atoms with Crippen molar-refractivity contribution in [2.24, 2.45) is 0 Å². The van der Waals surface area contributed by atoms with Gasteiger partial charge in [-0.1, -0.05) is 54.6 Å². The van der Waals surface area contributed by atoms with Crippen LogP contribution in [0.2, 0.25) is 0 Å². The van der Waals surface area contributed by atoms with Gasteiger partial charge >= 0.3 is 0 Å². The van der Waals surface area contributed by atoms with Gasteiger partial charge in [-0.2, -0.15) is 0 Å². The molecule has 37 heavy (non-hydrogen) atoms. The summed E-state index contributed by atoms with van der Waals surface area (Å²) in [5, 5.41) is 2.88. The van der Waals surface area contributed by atoms with Crippen molar-refractivity contribution < 1.29 is 18.7 Å². The van der Waals surface area contributed by atoms with Crippen molar-refractivity contribution in [2.75, 3.05) is 17.3 Å². The van der Waals surface area contributed by atoms with E-state index in [1.54, 1.807) is 54.5 Å². The number of rotatable bonds is 9. The predicted molar refractivity (Wildman–Crippen MR) is 145 cm³/mol. The first-order valence-electron chi connectivity index (χ1n) is 11.8. The Labute approximate surface area is 215 Å². The van der Waals surface area contributed by atoms with Crippen molar-refractivity contribution in [3.63, 3.8) is 0 Å². The van der Waals surface area contributed by atoms with E-state index < -0.39 is 0 Å². The fourth-order valence-corrected chi connectivity index (χ4v) is 3.79. The number of anilines is 2. The van der Waals surface area contributed by atoms with Crippen LogP contribution >= 0.6 is 0 Å². The summed E-state index contributed by atoms with van der Waals surface area (Å²) in [7, 11) is 1.59. The lowest BCUT2D eigenvalue weighted by atomic mass is 10.1. The molecule has 0 atom stereocenters. The van der Waals surface area contributed by atoms with Crippen LogP contribution in [0, 0.1) is 5.82 Å². The Morgan fingerprint density at radius 1 is 0.865 bits per heavy atom. The standard InChI is InChI=1S/C31H27FN2O3/c1-37-29-17-15-27(16-18-29)33-30(35)21-25-8-5-9-28(20-25)34(22-24-10-13-26(32)14-11-24)31(36)19-12-23-6-3-2-4-7-23/h2-20H,21-22H2,1H3,(H,33,35)/b19-12+. The van der Waals surface area contributed by atoms with Gasteiger partial charge in [0.2, 0.25) is 5.91 Å². The Balaban J connectivity index is 1.53. The first kappa shape index (κ1) is 25.4. The molecule has 0 spiro atoms. The number of halogens is 1. The van der Waals surface area contributed by atoms with E-state index in [4.69, 9.17) is 4.74 Å². The summed E-state index contributed by atoms with van der Waals surface area (Å²) in [6.07, 6.45) is 3.41. The first-order valence-corrected chi connectivity index (χ1v) is 11.8. The van der Waals surface area contributed by atoms with Crippen LogP contribution in [0.5, 0.6) is 5.75 Å². The molecule has 5 nitrogen and oxygen atoms in total. The fraction of sp³-hybridized carbons (Fsp3) is 0.0968. The molecule has 0 saturated carbocycles. The summed E-state index contributed by atoms with van der Waals surface area (Å²) >= 11 is 0. The molecule has 4 aromatic carbocycles. The van der Waals surface area contributed by atoms with E-state index >= 15 is 0 Å². The van der Waals surface area contributed by atoms with Crippen LogP contribution < -0.4 is 15.0 Å². The van der Waals surface area contributed by atoms with Crippen molar-refractivity contribution in [2.45, 2.75) is 13.0 Å². The molecule has 0 aromatic heterocycles. The molecule has 0 aliphatic carbocycles. The Kier molecular flexibility index (Phi) is 8.45. The summed E-state index contributed by atoms with van der Waals surface area (Å²) in [6, 6.07) is 30.0. The quantitative estimate of drug-likeness (QED) is 0.279. The Morgan fingerprint density at radius 3 is 2.30 bits per heavy atom. The second kappa shape index (κ2) is 12.3. The van der Waals surface area contributed by atoms with Crippen LogP contribution in [0.3, 0.4) is 0 Å². The van der Waals surface area contributed by atoms with Crippen LogP contribution in [-0.4, -0.2) is 18.9 Å². The Hall–Kier alpha value is -4.71. The van der Waals surface area contributed by atoms with Crippen molar-refractivity contribution in [1.29, 1.82) is 0 Å².